The Hall–Kier alpha value is -3.90. The molecule has 3 aromatic heterocycles. The van der Waals surface area contributed by atoms with Gasteiger partial charge in [0, 0.05) is 38.2 Å². The quantitative estimate of drug-likeness (QED) is 0.571. The molecule has 3 aromatic rings. The van der Waals surface area contributed by atoms with Gasteiger partial charge in [-0.05, 0) is 37.5 Å². The minimum Gasteiger partial charge on any atom is -0.475 e. The van der Waals surface area contributed by atoms with E-state index in [9.17, 15) is 18.0 Å². The highest BCUT2D eigenvalue weighted by molar-refractivity contribution is 5.95. The number of carboxylic acid groups (broad SMARTS) is 1. The molecule has 1 amide bonds. The van der Waals surface area contributed by atoms with Crippen LogP contribution in [-0.4, -0.2) is 60.9 Å². The predicted molar refractivity (Wildman–Crippen MR) is 113 cm³/mol. The van der Waals surface area contributed by atoms with Gasteiger partial charge in [-0.25, -0.2) is 14.8 Å². The fraction of sp³-hybridized carbons (Fsp3) is 0.381. The first-order valence-corrected chi connectivity index (χ1v) is 10.3. The van der Waals surface area contributed by atoms with E-state index in [0.29, 0.717) is 30.4 Å². The predicted octanol–water partition coefficient (Wildman–Crippen LogP) is 2.98. The van der Waals surface area contributed by atoms with Crippen LogP contribution in [0.25, 0.3) is 0 Å². The second-order valence-electron chi connectivity index (χ2n) is 7.54. The van der Waals surface area contributed by atoms with Gasteiger partial charge in [-0.15, -0.1) is 0 Å². The number of nitrogens with zero attached hydrogens (tertiary/aromatic N) is 5. The van der Waals surface area contributed by atoms with Crippen LogP contribution in [0.15, 0.2) is 47.5 Å². The number of anilines is 1. The molecule has 0 aliphatic carbocycles. The van der Waals surface area contributed by atoms with Gasteiger partial charge in [0.15, 0.2) is 0 Å². The number of aliphatic carboxylic acids is 1. The Bertz CT molecular complexity index is 1100. The summed E-state index contributed by atoms with van der Waals surface area (Å²) in [7, 11) is 0. The van der Waals surface area contributed by atoms with Crippen molar-refractivity contribution >= 4 is 17.8 Å². The van der Waals surface area contributed by atoms with Crippen LogP contribution < -0.4 is 5.32 Å². The van der Waals surface area contributed by atoms with Gasteiger partial charge in [-0.2, -0.15) is 18.3 Å². The highest BCUT2D eigenvalue weighted by atomic mass is 19.4. The lowest BCUT2D eigenvalue weighted by atomic mass is 10.0. The summed E-state index contributed by atoms with van der Waals surface area (Å²) in [6.45, 7) is 4.56. The van der Waals surface area contributed by atoms with Crippen molar-refractivity contribution in [2.24, 2.45) is 5.92 Å². The lowest BCUT2D eigenvalue weighted by Gasteiger charge is -2.24. The number of aryl methyl sites for hydroxylation is 1. The molecule has 4 rings (SSSR count). The Labute approximate surface area is 192 Å². The second kappa shape index (κ2) is 10.8. The molecule has 10 nitrogen and oxygen atoms in total. The third-order valence-electron chi connectivity index (χ3n) is 5.09. The first-order chi connectivity index (χ1) is 16.1. The zero-order valence-electron chi connectivity index (χ0n) is 18.2. The fourth-order valence-corrected chi connectivity index (χ4v) is 3.43. The largest absolute Gasteiger partial charge is 0.490 e. The van der Waals surface area contributed by atoms with Crippen molar-refractivity contribution in [3.05, 3.63) is 60.1 Å². The van der Waals surface area contributed by atoms with E-state index in [1.165, 1.54) is 0 Å². The highest BCUT2D eigenvalue weighted by Crippen LogP contribution is 2.22. The SMILES string of the molecule is Cc1occc1C(=O)N1Cc2ccnn2CC(CCNc2ncccn2)C1.O=C(O)C(F)(F)F. The van der Waals surface area contributed by atoms with Gasteiger partial charge in [0.1, 0.15) is 5.76 Å². The molecule has 0 saturated heterocycles. The number of hydrogen-bond donors (Lipinski definition) is 2. The van der Waals surface area contributed by atoms with E-state index in [4.69, 9.17) is 14.3 Å². The summed E-state index contributed by atoms with van der Waals surface area (Å²) >= 11 is 0. The summed E-state index contributed by atoms with van der Waals surface area (Å²) in [6, 6.07) is 5.50. The van der Waals surface area contributed by atoms with Crippen molar-refractivity contribution in [1.82, 2.24) is 24.6 Å². The summed E-state index contributed by atoms with van der Waals surface area (Å²) in [5.74, 6) is -1.21. The molecule has 4 heterocycles. The third-order valence-corrected chi connectivity index (χ3v) is 5.09. The summed E-state index contributed by atoms with van der Waals surface area (Å²) in [5, 5.41) is 14.8. The topological polar surface area (TPSA) is 126 Å². The van der Waals surface area contributed by atoms with Gasteiger partial charge in [0.25, 0.3) is 5.91 Å². The maximum Gasteiger partial charge on any atom is 0.490 e. The van der Waals surface area contributed by atoms with Gasteiger partial charge in [-0.3, -0.25) is 9.48 Å². The van der Waals surface area contributed by atoms with Crippen LogP contribution in [0.3, 0.4) is 0 Å². The number of carboxylic acids is 1. The molecule has 2 N–H and O–H groups in total. The normalized spacial score (nSPS) is 15.5. The van der Waals surface area contributed by atoms with Crippen LogP contribution in [0.4, 0.5) is 19.1 Å². The molecule has 0 saturated carbocycles. The molecule has 0 aromatic carbocycles. The maximum absolute atomic E-state index is 13.0. The zero-order valence-corrected chi connectivity index (χ0v) is 18.2. The van der Waals surface area contributed by atoms with Gasteiger partial charge in [0.2, 0.25) is 5.95 Å². The number of amides is 1. The first-order valence-electron chi connectivity index (χ1n) is 10.3. The maximum atomic E-state index is 13.0. The first kappa shape index (κ1) is 24.7. The van der Waals surface area contributed by atoms with E-state index in [0.717, 1.165) is 25.2 Å². The van der Waals surface area contributed by atoms with Crippen LogP contribution in [0.5, 0.6) is 0 Å². The number of carbonyl (C=O) groups excluding carboxylic acids is 1. The van der Waals surface area contributed by atoms with Gasteiger partial charge in [0.05, 0.1) is 24.1 Å². The number of furan rings is 1. The smallest absolute Gasteiger partial charge is 0.475 e. The molecule has 1 unspecified atom stereocenters. The molecule has 1 aliphatic heterocycles. The molecule has 0 spiro atoms. The Morgan fingerprint density at radius 1 is 1.21 bits per heavy atom. The van der Waals surface area contributed by atoms with Gasteiger partial charge in [-0.1, -0.05) is 0 Å². The summed E-state index contributed by atoms with van der Waals surface area (Å²) in [6.07, 6.45) is 2.58. The van der Waals surface area contributed by atoms with Gasteiger partial charge < -0.3 is 19.7 Å². The van der Waals surface area contributed by atoms with Crippen molar-refractivity contribution in [2.75, 3.05) is 18.4 Å². The zero-order chi connectivity index (χ0) is 24.7. The molecule has 1 aliphatic rings. The molecule has 34 heavy (non-hydrogen) atoms. The number of fused-ring (bicyclic) bond motifs is 1. The summed E-state index contributed by atoms with van der Waals surface area (Å²) in [5.41, 5.74) is 1.67. The Kier molecular flexibility index (Phi) is 7.87. The molecular formula is C21H23F3N6O4. The van der Waals surface area contributed by atoms with Crippen LogP contribution >= 0.6 is 0 Å². The number of halogens is 3. The van der Waals surface area contributed by atoms with E-state index in [-0.39, 0.29) is 11.8 Å². The third kappa shape index (κ3) is 6.56. The van der Waals surface area contributed by atoms with Crippen LogP contribution in [0.2, 0.25) is 0 Å². The summed E-state index contributed by atoms with van der Waals surface area (Å²) in [4.78, 5) is 32.2. The molecule has 0 bridgehead atoms. The molecule has 0 fully saturated rings. The van der Waals surface area contributed by atoms with Crippen LogP contribution in [0.1, 0.15) is 28.2 Å². The molecule has 182 valence electrons. The van der Waals surface area contributed by atoms with Crippen molar-refractivity contribution in [3.63, 3.8) is 0 Å². The minimum absolute atomic E-state index is 0.000233. The van der Waals surface area contributed by atoms with Crippen molar-refractivity contribution in [2.45, 2.75) is 32.6 Å². The van der Waals surface area contributed by atoms with Crippen molar-refractivity contribution < 1.29 is 32.3 Å². The average molecular weight is 480 g/mol. The highest BCUT2D eigenvalue weighted by Gasteiger charge is 2.38. The molecule has 13 heteroatoms. The lowest BCUT2D eigenvalue weighted by Crippen LogP contribution is -2.34. The standard InChI is InChI=1S/C19H22N6O2.C2HF3O2/c1-14-17(5-10-27-14)18(26)24-11-15(12-25-16(13-24)4-9-23-25)3-8-22-19-20-6-2-7-21-19;3-2(4,5)1(6)7/h2,4-7,9-10,15H,3,8,11-13H2,1H3,(H,20,21,22);(H,6,7). The number of nitrogens with one attached hydrogen (secondary N) is 1. The number of carbonyl (C=O) groups is 2. The number of alkyl halides is 3. The average Bonchev–Trinajstić information content (AvgIpc) is 3.37. The second-order valence-corrected chi connectivity index (χ2v) is 7.54. The van der Waals surface area contributed by atoms with E-state index in [2.05, 4.69) is 20.4 Å². The van der Waals surface area contributed by atoms with Crippen molar-refractivity contribution in [1.29, 1.82) is 0 Å². The van der Waals surface area contributed by atoms with E-state index >= 15 is 0 Å². The minimum atomic E-state index is -5.08. The van der Waals surface area contributed by atoms with Crippen molar-refractivity contribution in [3.8, 4) is 0 Å². The monoisotopic (exact) mass is 480 g/mol. The molecular weight excluding hydrogens is 457 g/mol. The van der Waals surface area contributed by atoms with E-state index in [1.54, 1.807) is 37.0 Å². The van der Waals surface area contributed by atoms with E-state index < -0.39 is 12.1 Å². The van der Waals surface area contributed by atoms with E-state index in [1.807, 2.05) is 22.6 Å². The Morgan fingerprint density at radius 3 is 2.53 bits per heavy atom. The molecule has 0 radical (unpaired) electrons. The van der Waals surface area contributed by atoms with Crippen LogP contribution in [0, 0.1) is 12.8 Å². The lowest BCUT2D eigenvalue weighted by molar-refractivity contribution is -0.192. The Balaban J connectivity index is 0.000000406. The summed E-state index contributed by atoms with van der Waals surface area (Å²) < 4.78 is 39.0. The van der Waals surface area contributed by atoms with Gasteiger partial charge >= 0.3 is 12.1 Å². The number of aromatic nitrogens is 4. The number of hydrogen-bond acceptors (Lipinski definition) is 7. The molecule has 1 atom stereocenters. The fourth-order valence-electron chi connectivity index (χ4n) is 3.43. The van der Waals surface area contributed by atoms with Crippen LogP contribution in [-0.2, 0) is 17.9 Å². The Morgan fingerprint density at radius 2 is 1.91 bits per heavy atom. The number of rotatable bonds is 5.